The van der Waals surface area contributed by atoms with Crippen LogP contribution in [0.4, 0.5) is 0 Å². The molecule has 1 fully saturated rings. The van der Waals surface area contributed by atoms with Gasteiger partial charge in [-0.3, -0.25) is 9.79 Å². The minimum Gasteiger partial charge on any atom is -0.356 e. The summed E-state index contributed by atoms with van der Waals surface area (Å²) in [4.78, 5) is 25.2. The van der Waals surface area contributed by atoms with Crippen LogP contribution in [0.3, 0.4) is 0 Å². The van der Waals surface area contributed by atoms with Crippen LogP contribution in [-0.2, 0) is 11.3 Å². The van der Waals surface area contributed by atoms with Crippen molar-refractivity contribution >= 4 is 11.9 Å². The summed E-state index contributed by atoms with van der Waals surface area (Å²) < 4.78 is 2.19. The van der Waals surface area contributed by atoms with E-state index in [1.54, 1.807) is 11.9 Å². The van der Waals surface area contributed by atoms with Crippen molar-refractivity contribution in [2.24, 2.45) is 10.9 Å². The van der Waals surface area contributed by atoms with Gasteiger partial charge < -0.3 is 19.7 Å². The van der Waals surface area contributed by atoms with E-state index < -0.39 is 0 Å². The van der Waals surface area contributed by atoms with Gasteiger partial charge in [-0.2, -0.15) is 0 Å². The molecule has 0 radical (unpaired) electrons. The average Bonchev–Trinajstić information content (AvgIpc) is 3.27. The molecule has 1 amide bonds. The molecule has 0 aliphatic carbocycles. The lowest BCUT2D eigenvalue weighted by Gasteiger charge is -2.39. The fraction of sp³-hybridized carbons (Fsp3) is 0.500. The van der Waals surface area contributed by atoms with E-state index >= 15 is 0 Å². The Labute approximate surface area is 173 Å². The predicted molar refractivity (Wildman–Crippen MR) is 116 cm³/mol. The fourth-order valence-electron chi connectivity index (χ4n) is 3.84. The molecule has 1 aromatic heterocycles. The molecule has 3 rings (SSSR count). The normalized spacial score (nSPS) is 19.8. The van der Waals surface area contributed by atoms with E-state index in [4.69, 9.17) is 0 Å². The summed E-state index contributed by atoms with van der Waals surface area (Å²) in [5, 5.41) is 3.37. The van der Waals surface area contributed by atoms with Crippen molar-refractivity contribution in [3.8, 4) is 0 Å². The number of hydrogen-bond acceptors (Lipinski definition) is 3. The molecule has 7 heteroatoms. The number of hydrogen-bond donors (Lipinski definition) is 1. The molecular formula is C22H32N6O. The molecule has 0 spiro atoms. The van der Waals surface area contributed by atoms with Crippen molar-refractivity contribution in [2.45, 2.75) is 32.4 Å². The number of benzene rings is 1. The van der Waals surface area contributed by atoms with Crippen molar-refractivity contribution in [3.05, 3.63) is 54.6 Å². The molecular weight excluding hydrogens is 364 g/mol. The van der Waals surface area contributed by atoms with Gasteiger partial charge in [-0.1, -0.05) is 37.3 Å². The van der Waals surface area contributed by atoms with Gasteiger partial charge in [-0.15, -0.1) is 0 Å². The smallest absolute Gasteiger partial charge is 0.224 e. The lowest BCUT2D eigenvalue weighted by molar-refractivity contribution is -0.130. The number of piperidine rings is 1. The molecule has 0 bridgehead atoms. The minimum atomic E-state index is 0.125. The number of nitrogens with zero attached hydrogens (tertiary/aromatic N) is 5. The largest absolute Gasteiger partial charge is 0.356 e. The van der Waals surface area contributed by atoms with Gasteiger partial charge in [0.1, 0.15) is 0 Å². The first-order chi connectivity index (χ1) is 14.1. The third-order valence-corrected chi connectivity index (χ3v) is 5.65. The third kappa shape index (κ3) is 5.59. The van der Waals surface area contributed by atoms with Gasteiger partial charge in [-0.25, -0.2) is 4.98 Å². The zero-order valence-electron chi connectivity index (χ0n) is 17.7. The summed E-state index contributed by atoms with van der Waals surface area (Å²) in [5.41, 5.74) is 1.14. The summed E-state index contributed by atoms with van der Waals surface area (Å²) in [5.74, 6) is 1.58. The van der Waals surface area contributed by atoms with Crippen LogP contribution >= 0.6 is 0 Å². The number of rotatable bonds is 6. The highest BCUT2D eigenvalue weighted by atomic mass is 16.2. The molecule has 1 aliphatic heterocycles. The standard InChI is InChI=1S/C22H32N6O/c1-18-10-13-27(16-20(18)28-14-12-24-17-28)22(23-2)25-11-9-21(29)26(3)15-19-7-5-4-6-8-19/h4-8,12,14,17-18,20H,9-11,13,15-16H2,1-3H3,(H,23,25). The van der Waals surface area contributed by atoms with E-state index in [0.29, 0.717) is 31.5 Å². The van der Waals surface area contributed by atoms with Gasteiger partial charge in [0.15, 0.2) is 5.96 Å². The van der Waals surface area contributed by atoms with Crippen LogP contribution in [0.5, 0.6) is 0 Å². The number of amides is 1. The number of aliphatic imine (C=N–C) groups is 1. The molecule has 7 nitrogen and oxygen atoms in total. The Hall–Kier alpha value is -2.83. The molecule has 2 unspecified atom stereocenters. The van der Waals surface area contributed by atoms with Gasteiger partial charge in [0, 0.05) is 59.1 Å². The van der Waals surface area contributed by atoms with E-state index in [-0.39, 0.29) is 5.91 Å². The third-order valence-electron chi connectivity index (χ3n) is 5.65. The second-order valence-electron chi connectivity index (χ2n) is 7.75. The molecule has 1 saturated heterocycles. The van der Waals surface area contributed by atoms with Crippen LogP contribution in [0.2, 0.25) is 0 Å². The highest BCUT2D eigenvalue weighted by Crippen LogP contribution is 2.27. The Balaban J connectivity index is 1.48. The zero-order valence-corrected chi connectivity index (χ0v) is 17.7. The Morgan fingerprint density at radius 3 is 2.83 bits per heavy atom. The Bertz CT molecular complexity index is 789. The number of carbonyl (C=O) groups is 1. The number of nitrogens with one attached hydrogen (secondary N) is 1. The monoisotopic (exact) mass is 396 g/mol. The van der Waals surface area contributed by atoms with Crippen LogP contribution in [0.1, 0.15) is 31.4 Å². The topological polar surface area (TPSA) is 65.8 Å². The first-order valence-electron chi connectivity index (χ1n) is 10.3. The minimum absolute atomic E-state index is 0.125. The van der Waals surface area contributed by atoms with E-state index in [2.05, 4.69) is 31.7 Å². The second-order valence-corrected chi connectivity index (χ2v) is 7.75. The lowest BCUT2D eigenvalue weighted by Crippen LogP contribution is -2.49. The summed E-state index contributed by atoms with van der Waals surface area (Å²) >= 11 is 0. The lowest BCUT2D eigenvalue weighted by atomic mass is 9.93. The maximum Gasteiger partial charge on any atom is 0.224 e. The molecule has 2 aromatic rings. The first-order valence-corrected chi connectivity index (χ1v) is 10.3. The van der Waals surface area contributed by atoms with Crippen molar-refractivity contribution in [2.75, 3.05) is 33.7 Å². The highest BCUT2D eigenvalue weighted by molar-refractivity contribution is 5.81. The number of guanidine groups is 1. The van der Waals surface area contributed by atoms with Gasteiger partial charge in [-0.05, 0) is 17.9 Å². The fourth-order valence-corrected chi connectivity index (χ4v) is 3.84. The van der Waals surface area contributed by atoms with E-state index in [0.717, 1.165) is 31.0 Å². The number of carbonyl (C=O) groups excluding carboxylic acids is 1. The van der Waals surface area contributed by atoms with Crippen LogP contribution in [-0.4, -0.2) is 64.9 Å². The molecule has 0 saturated carbocycles. The molecule has 2 heterocycles. The molecule has 1 aromatic carbocycles. The zero-order chi connectivity index (χ0) is 20.6. The first kappa shape index (κ1) is 20.9. The molecule has 29 heavy (non-hydrogen) atoms. The van der Waals surface area contributed by atoms with Crippen molar-refractivity contribution in [3.63, 3.8) is 0 Å². The Kier molecular flexibility index (Phi) is 7.27. The van der Waals surface area contributed by atoms with Crippen LogP contribution in [0.25, 0.3) is 0 Å². The summed E-state index contributed by atoms with van der Waals surface area (Å²) in [6.45, 7) is 5.35. The van der Waals surface area contributed by atoms with Crippen molar-refractivity contribution in [1.29, 1.82) is 0 Å². The SMILES string of the molecule is CN=C(NCCC(=O)N(C)Cc1ccccc1)N1CCC(C)C(n2ccnc2)C1. The molecule has 156 valence electrons. The summed E-state index contributed by atoms with van der Waals surface area (Å²) in [6, 6.07) is 10.4. The van der Waals surface area contributed by atoms with Gasteiger partial charge in [0.05, 0.1) is 12.4 Å². The predicted octanol–water partition coefficient (Wildman–Crippen LogP) is 2.39. The molecule has 1 aliphatic rings. The second kappa shape index (κ2) is 10.1. The van der Waals surface area contributed by atoms with E-state index in [9.17, 15) is 4.79 Å². The maximum absolute atomic E-state index is 12.5. The average molecular weight is 397 g/mol. The number of likely N-dealkylation sites (tertiary alicyclic amines) is 1. The molecule has 1 N–H and O–H groups in total. The van der Waals surface area contributed by atoms with Gasteiger partial charge in [0.2, 0.25) is 5.91 Å². The van der Waals surface area contributed by atoms with Crippen LogP contribution in [0, 0.1) is 5.92 Å². The van der Waals surface area contributed by atoms with Crippen LogP contribution < -0.4 is 5.32 Å². The Morgan fingerprint density at radius 2 is 2.14 bits per heavy atom. The molecule has 2 atom stereocenters. The quantitative estimate of drug-likeness (QED) is 0.601. The van der Waals surface area contributed by atoms with Gasteiger partial charge in [0.25, 0.3) is 0 Å². The number of imidazole rings is 1. The van der Waals surface area contributed by atoms with Gasteiger partial charge >= 0.3 is 0 Å². The Morgan fingerprint density at radius 1 is 1.34 bits per heavy atom. The summed E-state index contributed by atoms with van der Waals surface area (Å²) in [6.07, 6.45) is 7.29. The van der Waals surface area contributed by atoms with E-state index in [1.165, 1.54) is 0 Å². The van der Waals surface area contributed by atoms with Crippen LogP contribution in [0.15, 0.2) is 54.0 Å². The number of aromatic nitrogens is 2. The van der Waals surface area contributed by atoms with E-state index in [1.807, 2.05) is 56.1 Å². The highest BCUT2D eigenvalue weighted by Gasteiger charge is 2.28. The maximum atomic E-state index is 12.5. The van der Waals surface area contributed by atoms with Crippen molar-refractivity contribution < 1.29 is 4.79 Å². The van der Waals surface area contributed by atoms with Crippen molar-refractivity contribution in [1.82, 2.24) is 24.7 Å². The summed E-state index contributed by atoms with van der Waals surface area (Å²) in [7, 11) is 3.65.